The van der Waals surface area contributed by atoms with Crippen LogP contribution in [0.15, 0.2) is 5.16 Å². The summed E-state index contributed by atoms with van der Waals surface area (Å²) in [7, 11) is 0. The van der Waals surface area contributed by atoms with Crippen molar-refractivity contribution in [2.75, 3.05) is 19.6 Å². The highest BCUT2D eigenvalue weighted by Gasteiger charge is 2.25. The average molecular weight is 187 g/mol. The fourth-order valence-electron chi connectivity index (χ4n) is 1.33. The van der Waals surface area contributed by atoms with Gasteiger partial charge in [-0.2, -0.15) is 5.26 Å². The number of nitrogens with zero attached hydrogens (tertiary/aromatic N) is 2. The molecule has 1 aliphatic heterocycles. The number of rotatable bonds is 1. The zero-order valence-electron chi connectivity index (χ0n) is 8.37. The zero-order chi connectivity index (χ0) is 9.90. The molecule has 1 heterocycles. The smallest absolute Gasteiger partial charge is 0.160 e. The summed E-state index contributed by atoms with van der Waals surface area (Å²) >= 11 is 0. The number of nitrogens with one attached hydrogen (secondary N) is 1. The molecule has 0 unspecified atom stereocenters. The molecule has 1 rings (SSSR count). The van der Waals surface area contributed by atoms with E-state index in [1.54, 1.807) is 0 Å². The SMILES string of the molecule is CC(C)(C)N1CCN/C(=N\OO)C1. The lowest BCUT2D eigenvalue weighted by atomic mass is 10.1. The van der Waals surface area contributed by atoms with Crippen LogP contribution in [0.4, 0.5) is 0 Å². The minimum atomic E-state index is 0.123. The largest absolute Gasteiger partial charge is 0.368 e. The van der Waals surface area contributed by atoms with Crippen LogP contribution in [0.2, 0.25) is 0 Å². The maximum Gasteiger partial charge on any atom is 0.160 e. The maximum atomic E-state index is 8.16. The first-order valence-electron chi connectivity index (χ1n) is 4.40. The molecule has 1 aliphatic rings. The van der Waals surface area contributed by atoms with Crippen LogP contribution < -0.4 is 5.32 Å². The number of amidine groups is 1. The van der Waals surface area contributed by atoms with E-state index in [-0.39, 0.29) is 5.54 Å². The van der Waals surface area contributed by atoms with Gasteiger partial charge in [0.2, 0.25) is 0 Å². The second-order valence-corrected chi connectivity index (χ2v) is 4.14. The van der Waals surface area contributed by atoms with Crippen molar-refractivity contribution >= 4 is 5.84 Å². The Labute approximate surface area is 78.3 Å². The summed E-state index contributed by atoms with van der Waals surface area (Å²) in [5, 5.41) is 14.7. The molecule has 13 heavy (non-hydrogen) atoms. The molecule has 0 saturated carbocycles. The lowest BCUT2D eigenvalue weighted by Gasteiger charge is -2.38. The third-order valence-electron chi connectivity index (χ3n) is 2.15. The summed E-state index contributed by atoms with van der Waals surface area (Å²) in [6.07, 6.45) is 0. The van der Waals surface area contributed by atoms with Crippen molar-refractivity contribution in [3.05, 3.63) is 0 Å². The average Bonchev–Trinajstić information content (AvgIpc) is 2.04. The first-order valence-corrected chi connectivity index (χ1v) is 4.40. The molecule has 0 aromatic heterocycles. The van der Waals surface area contributed by atoms with Crippen LogP contribution in [-0.2, 0) is 4.99 Å². The lowest BCUT2D eigenvalue weighted by molar-refractivity contribution is -0.243. The molecule has 1 saturated heterocycles. The summed E-state index contributed by atoms with van der Waals surface area (Å²) < 4.78 is 0. The van der Waals surface area contributed by atoms with Gasteiger partial charge in [-0.15, -0.1) is 0 Å². The van der Waals surface area contributed by atoms with E-state index in [4.69, 9.17) is 5.26 Å². The van der Waals surface area contributed by atoms with Gasteiger partial charge in [-0.1, -0.05) is 0 Å². The van der Waals surface area contributed by atoms with Crippen molar-refractivity contribution in [1.82, 2.24) is 10.2 Å². The van der Waals surface area contributed by atoms with Gasteiger partial charge in [-0.25, -0.2) is 4.99 Å². The molecule has 2 N–H and O–H groups in total. The Morgan fingerprint density at radius 1 is 1.54 bits per heavy atom. The van der Waals surface area contributed by atoms with Gasteiger partial charge < -0.3 is 5.32 Å². The molecule has 0 radical (unpaired) electrons. The van der Waals surface area contributed by atoms with E-state index in [1.807, 2.05) is 0 Å². The van der Waals surface area contributed by atoms with E-state index in [9.17, 15) is 0 Å². The molecule has 0 amide bonds. The van der Waals surface area contributed by atoms with Crippen molar-refractivity contribution in [2.24, 2.45) is 5.16 Å². The normalized spacial score (nSPS) is 22.9. The number of oxime groups is 1. The molecule has 5 heteroatoms. The van der Waals surface area contributed by atoms with Crippen molar-refractivity contribution in [3.8, 4) is 0 Å². The summed E-state index contributed by atoms with van der Waals surface area (Å²) in [6.45, 7) is 8.94. The first kappa shape index (κ1) is 10.3. The Morgan fingerprint density at radius 2 is 2.23 bits per heavy atom. The van der Waals surface area contributed by atoms with Crippen LogP contribution >= 0.6 is 0 Å². The van der Waals surface area contributed by atoms with Crippen molar-refractivity contribution < 1.29 is 10.2 Å². The number of piperazine rings is 1. The Bertz CT molecular complexity index is 198. The Kier molecular flexibility index (Phi) is 3.11. The van der Waals surface area contributed by atoms with Gasteiger partial charge in [0.15, 0.2) is 5.84 Å². The van der Waals surface area contributed by atoms with Crippen LogP contribution in [0.3, 0.4) is 0 Å². The van der Waals surface area contributed by atoms with Gasteiger partial charge in [0.05, 0.1) is 6.54 Å². The Hall–Kier alpha value is -0.810. The predicted molar refractivity (Wildman–Crippen MR) is 50.5 cm³/mol. The fraction of sp³-hybridized carbons (Fsp3) is 0.875. The van der Waals surface area contributed by atoms with Crippen LogP contribution in [0, 0.1) is 0 Å². The highest BCUT2D eigenvalue weighted by molar-refractivity contribution is 5.84. The van der Waals surface area contributed by atoms with Gasteiger partial charge in [-0.05, 0) is 25.9 Å². The van der Waals surface area contributed by atoms with Crippen LogP contribution in [-0.4, -0.2) is 41.2 Å². The van der Waals surface area contributed by atoms with Crippen LogP contribution in [0.25, 0.3) is 0 Å². The van der Waals surface area contributed by atoms with Crippen molar-refractivity contribution in [2.45, 2.75) is 26.3 Å². The zero-order valence-corrected chi connectivity index (χ0v) is 8.37. The number of hydrogen-bond donors (Lipinski definition) is 2. The molecule has 0 aliphatic carbocycles. The molecule has 5 nitrogen and oxygen atoms in total. The summed E-state index contributed by atoms with van der Waals surface area (Å²) in [4.78, 5) is 6.01. The summed E-state index contributed by atoms with van der Waals surface area (Å²) in [5.74, 6) is 0.670. The fourth-order valence-corrected chi connectivity index (χ4v) is 1.33. The third-order valence-corrected chi connectivity index (χ3v) is 2.15. The van der Waals surface area contributed by atoms with Crippen LogP contribution in [0.5, 0.6) is 0 Å². The topological polar surface area (TPSA) is 57.1 Å². The Balaban J connectivity index is 2.57. The standard InChI is InChI=1S/C8H17N3O2/c1-8(2,3)11-5-4-9-7(6-11)10-13-12/h12H,4-6H2,1-3H3,(H,9,10). The van der Waals surface area contributed by atoms with Gasteiger partial charge in [0.25, 0.3) is 0 Å². The van der Waals surface area contributed by atoms with Crippen molar-refractivity contribution in [3.63, 3.8) is 0 Å². The quantitative estimate of drug-likeness (QED) is 0.463. The van der Waals surface area contributed by atoms with E-state index >= 15 is 0 Å². The summed E-state index contributed by atoms with van der Waals surface area (Å²) in [5.41, 5.74) is 0.123. The van der Waals surface area contributed by atoms with Crippen LogP contribution in [0.1, 0.15) is 20.8 Å². The lowest BCUT2D eigenvalue weighted by Crippen LogP contribution is -2.54. The van der Waals surface area contributed by atoms with E-state index in [2.05, 4.69) is 41.1 Å². The first-order chi connectivity index (χ1) is 6.04. The molecule has 0 aromatic carbocycles. The van der Waals surface area contributed by atoms with Crippen molar-refractivity contribution in [1.29, 1.82) is 0 Å². The molecule has 0 spiro atoms. The van der Waals surface area contributed by atoms with E-state index in [0.29, 0.717) is 12.4 Å². The molecular weight excluding hydrogens is 170 g/mol. The van der Waals surface area contributed by atoms with E-state index in [0.717, 1.165) is 13.1 Å². The highest BCUT2D eigenvalue weighted by atomic mass is 17.2. The summed E-state index contributed by atoms with van der Waals surface area (Å²) in [6, 6.07) is 0. The molecular formula is C8H17N3O2. The highest BCUT2D eigenvalue weighted by Crippen LogP contribution is 2.13. The van der Waals surface area contributed by atoms with Gasteiger partial charge in [0.1, 0.15) is 0 Å². The predicted octanol–water partition coefficient (Wildman–Crippen LogP) is 0.493. The minimum absolute atomic E-state index is 0.123. The van der Waals surface area contributed by atoms with Gasteiger partial charge in [0, 0.05) is 18.6 Å². The van der Waals surface area contributed by atoms with Gasteiger partial charge in [-0.3, -0.25) is 4.90 Å². The second kappa shape index (κ2) is 3.93. The Morgan fingerprint density at radius 3 is 2.77 bits per heavy atom. The van der Waals surface area contributed by atoms with Gasteiger partial charge >= 0.3 is 0 Å². The molecule has 0 aromatic rings. The molecule has 0 bridgehead atoms. The molecule has 0 atom stereocenters. The monoisotopic (exact) mass is 187 g/mol. The minimum Gasteiger partial charge on any atom is -0.368 e. The number of hydrogen-bond acceptors (Lipinski definition) is 4. The maximum absolute atomic E-state index is 8.16. The third kappa shape index (κ3) is 2.86. The molecule has 1 fully saturated rings. The second-order valence-electron chi connectivity index (χ2n) is 4.14. The molecule has 76 valence electrons. The van der Waals surface area contributed by atoms with E-state index in [1.165, 1.54) is 0 Å². The van der Waals surface area contributed by atoms with E-state index < -0.39 is 0 Å².